The first-order chi connectivity index (χ1) is 3.79. The van der Waals surface area contributed by atoms with Crippen molar-refractivity contribution in [1.29, 1.82) is 0 Å². The maximum Gasteiger partial charge on any atom is 0.103 e. The van der Waals surface area contributed by atoms with Gasteiger partial charge in [0.05, 0.1) is 0 Å². The third-order valence-electron chi connectivity index (χ3n) is 0.833. The second-order valence-corrected chi connectivity index (χ2v) is 2.31. The van der Waals surface area contributed by atoms with Crippen LogP contribution < -0.4 is 5.32 Å². The summed E-state index contributed by atoms with van der Waals surface area (Å²) < 4.78 is 0. The Bertz CT molecular complexity index is 149. The van der Waals surface area contributed by atoms with Crippen molar-refractivity contribution in [2.45, 2.75) is 0 Å². The SMILES string of the molecule is ClC1=CCNC(Cl)=C1. The van der Waals surface area contributed by atoms with Crippen molar-refractivity contribution in [2.24, 2.45) is 0 Å². The minimum atomic E-state index is 0.609. The molecule has 1 aliphatic heterocycles. The van der Waals surface area contributed by atoms with Gasteiger partial charge in [0, 0.05) is 11.6 Å². The molecule has 0 spiro atoms. The Morgan fingerprint density at radius 3 is 2.62 bits per heavy atom. The Morgan fingerprint density at radius 1 is 1.50 bits per heavy atom. The standard InChI is InChI=1S/C5H5Cl2N/c6-4-1-2-8-5(7)3-4/h1,3,8H,2H2. The first-order valence-electron chi connectivity index (χ1n) is 2.26. The molecule has 1 rings (SSSR count). The lowest BCUT2D eigenvalue weighted by Crippen LogP contribution is -2.12. The summed E-state index contributed by atoms with van der Waals surface area (Å²) >= 11 is 11.1. The highest BCUT2D eigenvalue weighted by molar-refractivity contribution is 6.34. The first-order valence-corrected chi connectivity index (χ1v) is 3.01. The van der Waals surface area contributed by atoms with Crippen molar-refractivity contribution < 1.29 is 0 Å². The molecule has 0 aliphatic carbocycles. The molecule has 8 heavy (non-hydrogen) atoms. The van der Waals surface area contributed by atoms with E-state index >= 15 is 0 Å². The Kier molecular flexibility index (Phi) is 1.81. The molecular weight excluding hydrogens is 145 g/mol. The van der Waals surface area contributed by atoms with Gasteiger partial charge in [-0.3, -0.25) is 0 Å². The topological polar surface area (TPSA) is 12.0 Å². The van der Waals surface area contributed by atoms with Crippen molar-refractivity contribution >= 4 is 23.2 Å². The predicted molar refractivity (Wildman–Crippen MR) is 35.9 cm³/mol. The molecule has 0 radical (unpaired) electrons. The van der Waals surface area contributed by atoms with E-state index in [0.717, 1.165) is 6.54 Å². The second kappa shape index (κ2) is 2.42. The van der Waals surface area contributed by atoms with Gasteiger partial charge in [-0.2, -0.15) is 0 Å². The number of hydrogen-bond donors (Lipinski definition) is 1. The molecule has 3 heteroatoms. The van der Waals surface area contributed by atoms with Crippen molar-refractivity contribution in [3.05, 3.63) is 22.3 Å². The highest BCUT2D eigenvalue weighted by Gasteiger charge is 1.96. The molecular formula is C5H5Cl2N. The molecule has 1 nitrogen and oxygen atoms in total. The maximum absolute atomic E-state index is 5.57. The average Bonchev–Trinajstić information content (AvgIpc) is 1.64. The van der Waals surface area contributed by atoms with Gasteiger partial charge in [-0.1, -0.05) is 23.2 Å². The lowest BCUT2D eigenvalue weighted by Gasteiger charge is -2.05. The summed E-state index contributed by atoms with van der Waals surface area (Å²) in [6.45, 7) is 0.730. The van der Waals surface area contributed by atoms with Gasteiger partial charge in [0.25, 0.3) is 0 Å². The number of hydrogen-bond acceptors (Lipinski definition) is 1. The van der Waals surface area contributed by atoms with E-state index in [1.54, 1.807) is 6.08 Å². The van der Waals surface area contributed by atoms with Gasteiger partial charge in [0.1, 0.15) is 5.16 Å². The summed E-state index contributed by atoms with van der Waals surface area (Å²) in [5.74, 6) is 0. The van der Waals surface area contributed by atoms with E-state index in [0.29, 0.717) is 10.2 Å². The van der Waals surface area contributed by atoms with Crippen LogP contribution in [-0.4, -0.2) is 6.54 Å². The van der Waals surface area contributed by atoms with E-state index in [1.807, 2.05) is 6.08 Å². The monoisotopic (exact) mass is 149 g/mol. The summed E-state index contributed by atoms with van der Waals surface area (Å²) in [4.78, 5) is 0. The molecule has 0 atom stereocenters. The van der Waals surface area contributed by atoms with Crippen LogP contribution in [-0.2, 0) is 0 Å². The fraction of sp³-hybridized carbons (Fsp3) is 0.200. The van der Waals surface area contributed by atoms with E-state index in [4.69, 9.17) is 23.2 Å². The predicted octanol–water partition coefficient (Wildman–Crippen LogP) is 1.79. The number of halogens is 2. The van der Waals surface area contributed by atoms with Gasteiger partial charge in [0.2, 0.25) is 0 Å². The van der Waals surface area contributed by atoms with Crippen LogP contribution in [0.3, 0.4) is 0 Å². The molecule has 44 valence electrons. The van der Waals surface area contributed by atoms with E-state index in [1.165, 1.54) is 0 Å². The van der Waals surface area contributed by atoms with Gasteiger partial charge in [-0.05, 0) is 12.2 Å². The third-order valence-corrected chi connectivity index (χ3v) is 1.34. The van der Waals surface area contributed by atoms with Crippen LogP contribution in [0.5, 0.6) is 0 Å². The zero-order chi connectivity index (χ0) is 5.98. The minimum absolute atomic E-state index is 0.609. The largest absolute Gasteiger partial charge is 0.372 e. The molecule has 1 N–H and O–H groups in total. The normalized spacial score (nSPS) is 18.8. The summed E-state index contributed by atoms with van der Waals surface area (Å²) in [6.07, 6.45) is 3.53. The molecule has 0 saturated carbocycles. The molecule has 0 amide bonds. The van der Waals surface area contributed by atoms with Gasteiger partial charge in [0.15, 0.2) is 0 Å². The van der Waals surface area contributed by atoms with Crippen molar-refractivity contribution in [2.75, 3.05) is 6.54 Å². The van der Waals surface area contributed by atoms with Crippen LogP contribution in [0.1, 0.15) is 0 Å². The Balaban J connectivity index is 2.69. The van der Waals surface area contributed by atoms with E-state index in [-0.39, 0.29) is 0 Å². The third kappa shape index (κ3) is 1.42. The Morgan fingerprint density at radius 2 is 2.25 bits per heavy atom. The van der Waals surface area contributed by atoms with Crippen LogP contribution in [0.25, 0.3) is 0 Å². The number of rotatable bonds is 0. The van der Waals surface area contributed by atoms with Gasteiger partial charge in [-0.15, -0.1) is 0 Å². The molecule has 0 aromatic rings. The van der Waals surface area contributed by atoms with E-state index in [2.05, 4.69) is 5.32 Å². The summed E-state index contributed by atoms with van der Waals surface area (Å²) in [5, 5.41) is 4.19. The number of nitrogens with one attached hydrogen (secondary N) is 1. The fourth-order valence-corrected chi connectivity index (χ4v) is 0.914. The van der Waals surface area contributed by atoms with Crippen LogP contribution in [0.2, 0.25) is 0 Å². The zero-order valence-electron chi connectivity index (χ0n) is 4.12. The van der Waals surface area contributed by atoms with Crippen LogP contribution in [0.4, 0.5) is 0 Å². The van der Waals surface area contributed by atoms with Crippen molar-refractivity contribution in [3.63, 3.8) is 0 Å². The quantitative estimate of drug-likeness (QED) is 0.519. The zero-order valence-corrected chi connectivity index (χ0v) is 5.63. The van der Waals surface area contributed by atoms with E-state index in [9.17, 15) is 0 Å². The highest BCUT2D eigenvalue weighted by atomic mass is 35.5. The summed E-state index contributed by atoms with van der Waals surface area (Å²) in [7, 11) is 0. The maximum atomic E-state index is 5.57. The number of allylic oxidation sites excluding steroid dienone is 2. The van der Waals surface area contributed by atoms with Gasteiger partial charge in [-0.25, -0.2) is 0 Å². The fourth-order valence-electron chi connectivity index (χ4n) is 0.477. The molecule has 0 bridgehead atoms. The second-order valence-electron chi connectivity index (χ2n) is 1.46. The minimum Gasteiger partial charge on any atom is -0.372 e. The van der Waals surface area contributed by atoms with Crippen molar-refractivity contribution in [1.82, 2.24) is 5.32 Å². The molecule has 0 fully saturated rings. The summed E-state index contributed by atoms with van der Waals surface area (Å²) in [6, 6.07) is 0. The number of dihydropyridines is 1. The molecule has 0 aromatic carbocycles. The molecule has 0 saturated heterocycles. The van der Waals surface area contributed by atoms with Crippen LogP contribution in [0, 0.1) is 0 Å². The summed E-state index contributed by atoms with van der Waals surface area (Å²) in [5.41, 5.74) is 0. The highest BCUT2D eigenvalue weighted by Crippen LogP contribution is 2.11. The molecule has 1 aliphatic rings. The molecule has 0 unspecified atom stereocenters. The molecule has 0 aromatic heterocycles. The van der Waals surface area contributed by atoms with Crippen LogP contribution in [0.15, 0.2) is 22.3 Å². The smallest absolute Gasteiger partial charge is 0.103 e. The van der Waals surface area contributed by atoms with Gasteiger partial charge < -0.3 is 5.32 Å². The lowest BCUT2D eigenvalue weighted by molar-refractivity contribution is 0.946. The Labute approximate surface area is 58.0 Å². The van der Waals surface area contributed by atoms with Gasteiger partial charge >= 0.3 is 0 Å². The van der Waals surface area contributed by atoms with Crippen molar-refractivity contribution in [3.8, 4) is 0 Å². The average molecular weight is 150 g/mol. The Hall–Kier alpha value is -0.140. The van der Waals surface area contributed by atoms with E-state index < -0.39 is 0 Å². The van der Waals surface area contributed by atoms with Crippen LogP contribution >= 0.6 is 23.2 Å². The molecule has 1 heterocycles. The lowest BCUT2D eigenvalue weighted by atomic mass is 10.4. The first kappa shape index (κ1) is 5.99.